The highest BCUT2D eigenvalue weighted by Gasteiger charge is 2.29. The molecular formula is C19H25N3O2S. The van der Waals surface area contributed by atoms with Crippen LogP contribution < -0.4 is 0 Å². The van der Waals surface area contributed by atoms with Gasteiger partial charge < -0.3 is 9.32 Å². The van der Waals surface area contributed by atoms with Crippen molar-refractivity contribution in [3.63, 3.8) is 0 Å². The second kappa shape index (κ2) is 7.60. The van der Waals surface area contributed by atoms with Gasteiger partial charge in [0.05, 0.1) is 5.75 Å². The van der Waals surface area contributed by atoms with Crippen LogP contribution in [0, 0.1) is 13.8 Å². The molecule has 0 saturated carbocycles. The highest BCUT2D eigenvalue weighted by atomic mass is 32.2. The molecule has 5 nitrogen and oxygen atoms in total. The predicted octanol–water partition coefficient (Wildman–Crippen LogP) is 4.24. The molecule has 1 fully saturated rings. The molecule has 6 heteroatoms. The number of benzene rings is 1. The van der Waals surface area contributed by atoms with Crippen LogP contribution in [0.5, 0.6) is 0 Å². The molecule has 2 heterocycles. The SMILES string of the molecule is Cc1ccc(-c2nnc(SCC(=O)N3C(C)CCCC3C)o2)cc1C. The summed E-state index contributed by atoms with van der Waals surface area (Å²) in [5, 5.41) is 8.63. The van der Waals surface area contributed by atoms with Crippen LogP contribution in [-0.4, -0.2) is 38.8 Å². The molecular weight excluding hydrogens is 334 g/mol. The molecule has 1 saturated heterocycles. The lowest BCUT2D eigenvalue weighted by atomic mass is 9.98. The van der Waals surface area contributed by atoms with Crippen molar-refractivity contribution in [2.45, 2.75) is 64.3 Å². The van der Waals surface area contributed by atoms with Crippen molar-refractivity contribution in [3.8, 4) is 11.5 Å². The molecule has 2 aromatic rings. The second-order valence-corrected chi connectivity index (χ2v) is 7.82. The lowest BCUT2D eigenvalue weighted by Gasteiger charge is -2.39. The van der Waals surface area contributed by atoms with Gasteiger partial charge in [0.2, 0.25) is 11.8 Å². The summed E-state index contributed by atoms with van der Waals surface area (Å²) < 4.78 is 5.73. The fourth-order valence-electron chi connectivity index (χ4n) is 3.37. The maximum atomic E-state index is 12.6. The molecule has 2 unspecified atom stereocenters. The van der Waals surface area contributed by atoms with Gasteiger partial charge >= 0.3 is 0 Å². The zero-order valence-corrected chi connectivity index (χ0v) is 16.1. The van der Waals surface area contributed by atoms with E-state index in [9.17, 15) is 4.79 Å². The van der Waals surface area contributed by atoms with Crippen LogP contribution >= 0.6 is 11.8 Å². The number of aromatic nitrogens is 2. The van der Waals surface area contributed by atoms with E-state index in [2.05, 4.69) is 37.9 Å². The number of hydrogen-bond donors (Lipinski definition) is 0. The van der Waals surface area contributed by atoms with Crippen LogP contribution in [0.15, 0.2) is 27.8 Å². The summed E-state index contributed by atoms with van der Waals surface area (Å²) in [6, 6.07) is 6.69. The van der Waals surface area contributed by atoms with Crippen molar-refractivity contribution in [1.29, 1.82) is 0 Å². The number of hydrogen-bond acceptors (Lipinski definition) is 5. The first-order valence-corrected chi connectivity index (χ1v) is 9.79. The molecule has 1 aliphatic heterocycles. The number of aryl methyl sites for hydroxylation is 2. The van der Waals surface area contributed by atoms with E-state index in [1.807, 2.05) is 23.1 Å². The standard InChI is InChI=1S/C19H25N3O2S/c1-12-8-9-16(10-13(12)2)18-20-21-19(24-18)25-11-17(23)22-14(3)6-5-7-15(22)4/h8-10,14-15H,5-7,11H2,1-4H3. The summed E-state index contributed by atoms with van der Waals surface area (Å²) in [5.74, 6) is 0.983. The van der Waals surface area contributed by atoms with Gasteiger partial charge in [-0.2, -0.15) is 0 Å². The molecule has 0 spiro atoms. The Kier molecular flexibility index (Phi) is 5.47. The Hall–Kier alpha value is -1.82. The number of thioether (sulfide) groups is 1. The van der Waals surface area contributed by atoms with E-state index in [1.165, 1.54) is 29.3 Å². The Bertz CT molecular complexity index is 749. The fourth-order valence-corrected chi connectivity index (χ4v) is 4.00. The van der Waals surface area contributed by atoms with E-state index in [4.69, 9.17) is 4.42 Å². The largest absolute Gasteiger partial charge is 0.411 e. The Balaban J connectivity index is 1.63. The van der Waals surface area contributed by atoms with Gasteiger partial charge in [-0.15, -0.1) is 10.2 Å². The third-order valence-corrected chi connectivity index (χ3v) is 5.76. The molecule has 1 aromatic heterocycles. The summed E-state index contributed by atoms with van der Waals surface area (Å²) in [5.41, 5.74) is 3.33. The van der Waals surface area contributed by atoms with Crippen LogP contribution in [0.3, 0.4) is 0 Å². The van der Waals surface area contributed by atoms with Gasteiger partial charge in [-0.25, -0.2) is 0 Å². The fraction of sp³-hybridized carbons (Fsp3) is 0.526. The van der Waals surface area contributed by atoms with Gasteiger partial charge in [-0.05, 0) is 70.2 Å². The molecule has 1 aliphatic rings. The third-order valence-electron chi connectivity index (χ3n) is 4.96. The van der Waals surface area contributed by atoms with E-state index >= 15 is 0 Å². The smallest absolute Gasteiger partial charge is 0.277 e. The van der Waals surface area contributed by atoms with Gasteiger partial charge in [0.25, 0.3) is 5.22 Å². The topological polar surface area (TPSA) is 59.2 Å². The number of nitrogens with zero attached hydrogens (tertiary/aromatic N) is 3. The van der Waals surface area contributed by atoms with E-state index in [0.717, 1.165) is 18.4 Å². The van der Waals surface area contributed by atoms with Gasteiger partial charge in [0.15, 0.2) is 0 Å². The van der Waals surface area contributed by atoms with E-state index in [1.54, 1.807) is 0 Å². The quantitative estimate of drug-likeness (QED) is 0.764. The number of piperidine rings is 1. The number of rotatable bonds is 4. The number of amides is 1. The number of carbonyl (C=O) groups is 1. The zero-order chi connectivity index (χ0) is 18.0. The van der Waals surface area contributed by atoms with Crippen molar-refractivity contribution in [3.05, 3.63) is 29.3 Å². The summed E-state index contributed by atoms with van der Waals surface area (Å²) >= 11 is 1.32. The van der Waals surface area contributed by atoms with Crippen LogP contribution in [0.4, 0.5) is 0 Å². The van der Waals surface area contributed by atoms with Crippen LogP contribution in [0.2, 0.25) is 0 Å². The van der Waals surface area contributed by atoms with Crippen molar-refractivity contribution >= 4 is 17.7 Å². The van der Waals surface area contributed by atoms with Crippen LogP contribution in [0.25, 0.3) is 11.5 Å². The highest BCUT2D eigenvalue weighted by molar-refractivity contribution is 7.99. The summed E-state index contributed by atoms with van der Waals surface area (Å²) in [4.78, 5) is 14.6. The van der Waals surface area contributed by atoms with Crippen molar-refractivity contribution in [1.82, 2.24) is 15.1 Å². The van der Waals surface area contributed by atoms with Gasteiger partial charge in [-0.3, -0.25) is 4.79 Å². The van der Waals surface area contributed by atoms with E-state index in [0.29, 0.717) is 29.0 Å². The third kappa shape index (κ3) is 4.06. The normalized spacial score (nSPS) is 20.7. The lowest BCUT2D eigenvalue weighted by Crippen LogP contribution is -2.48. The highest BCUT2D eigenvalue weighted by Crippen LogP contribution is 2.27. The Labute approximate surface area is 153 Å². The Morgan fingerprint density at radius 3 is 2.60 bits per heavy atom. The zero-order valence-electron chi connectivity index (χ0n) is 15.3. The van der Waals surface area contributed by atoms with Gasteiger partial charge in [0.1, 0.15) is 0 Å². The van der Waals surface area contributed by atoms with Gasteiger partial charge in [0, 0.05) is 17.6 Å². The average molecular weight is 359 g/mol. The van der Waals surface area contributed by atoms with Crippen molar-refractivity contribution < 1.29 is 9.21 Å². The van der Waals surface area contributed by atoms with E-state index in [-0.39, 0.29) is 5.91 Å². The Morgan fingerprint density at radius 2 is 1.92 bits per heavy atom. The maximum absolute atomic E-state index is 12.6. The molecule has 25 heavy (non-hydrogen) atoms. The molecule has 1 amide bonds. The van der Waals surface area contributed by atoms with Crippen LogP contribution in [-0.2, 0) is 4.79 Å². The monoisotopic (exact) mass is 359 g/mol. The van der Waals surface area contributed by atoms with Crippen LogP contribution in [0.1, 0.15) is 44.2 Å². The molecule has 0 radical (unpaired) electrons. The minimum absolute atomic E-state index is 0.149. The predicted molar refractivity (Wildman–Crippen MR) is 99.6 cm³/mol. The average Bonchev–Trinajstić information content (AvgIpc) is 3.04. The number of carbonyl (C=O) groups excluding carboxylic acids is 1. The maximum Gasteiger partial charge on any atom is 0.277 e. The second-order valence-electron chi connectivity index (χ2n) is 6.89. The molecule has 0 aliphatic carbocycles. The minimum atomic E-state index is 0.149. The molecule has 2 atom stereocenters. The molecule has 3 rings (SSSR count). The minimum Gasteiger partial charge on any atom is -0.411 e. The van der Waals surface area contributed by atoms with Crippen molar-refractivity contribution in [2.75, 3.05) is 5.75 Å². The summed E-state index contributed by atoms with van der Waals surface area (Å²) in [6.07, 6.45) is 3.36. The van der Waals surface area contributed by atoms with E-state index < -0.39 is 0 Å². The van der Waals surface area contributed by atoms with Gasteiger partial charge in [-0.1, -0.05) is 17.8 Å². The molecule has 0 bridgehead atoms. The van der Waals surface area contributed by atoms with Crippen molar-refractivity contribution in [2.24, 2.45) is 0 Å². The summed E-state index contributed by atoms with van der Waals surface area (Å²) in [6.45, 7) is 8.39. The molecule has 1 aromatic carbocycles. The molecule has 134 valence electrons. The Morgan fingerprint density at radius 1 is 1.20 bits per heavy atom. The first-order chi connectivity index (χ1) is 12.0. The first-order valence-electron chi connectivity index (χ1n) is 8.81. The first kappa shape index (κ1) is 18.0. The summed E-state index contributed by atoms with van der Waals surface area (Å²) in [7, 11) is 0. The lowest BCUT2D eigenvalue weighted by molar-refractivity contribution is -0.134. The molecule has 0 N–H and O–H groups in total. The number of likely N-dealkylation sites (tertiary alicyclic amines) is 1.